The molecule has 2 heteroatoms. The lowest BCUT2D eigenvalue weighted by Gasteiger charge is -2.12. The van der Waals surface area contributed by atoms with Crippen LogP contribution in [0.5, 0.6) is 5.75 Å². The van der Waals surface area contributed by atoms with Crippen LogP contribution in [0.15, 0.2) is 24.3 Å². The van der Waals surface area contributed by atoms with Crippen molar-refractivity contribution in [3.63, 3.8) is 0 Å². The molecule has 0 radical (unpaired) electrons. The number of hydrogen-bond donors (Lipinski definition) is 1. The Balaban J connectivity index is 2.35. The molecule has 2 nitrogen and oxygen atoms in total. The zero-order chi connectivity index (χ0) is 13.4. The van der Waals surface area contributed by atoms with Gasteiger partial charge in [-0.3, -0.25) is 0 Å². The molecule has 0 fully saturated rings. The summed E-state index contributed by atoms with van der Waals surface area (Å²) in [5, 5.41) is 0. The monoisotopic (exact) mass is 249 g/mol. The molecule has 0 aliphatic heterocycles. The second-order valence-corrected chi connectivity index (χ2v) is 5.36. The number of hydrogen-bond acceptors (Lipinski definition) is 2. The van der Waals surface area contributed by atoms with Crippen molar-refractivity contribution < 1.29 is 4.74 Å². The van der Waals surface area contributed by atoms with Crippen LogP contribution in [0.3, 0.4) is 0 Å². The Morgan fingerprint density at radius 2 is 1.78 bits per heavy atom. The minimum Gasteiger partial charge on any atom is -0.493 e. The minimum absolute atomic E-state index is 0.274. The van der Waals surface area contributed by atoms with E-state index in [1.807, 2.05) is 6.92 Å². The van der Waals surface area contributed by atoms with Crippen LogP contribution in [0.4, 0.5) is 0 Å². The molecule has 1 aromatic rings. The minimum atomic E-state index is 0.274. The molecule has 0 aromatic heterocycles. The van der Waals surface area contributed by atoms with E-state index in [1.54, 1.807) is 0 Å². The van der Waals surface area contributed by atoms with Crippen molar-refractivity contribution in [1.29, 1.82) is 0 Å². The van der Waals surface area contributed by atoms with Crippen LogP contribution < -0.4 is 10.5 Å². The summed E-state index contributed by atoms with van der Waals surface area (Å²) in [6.07, 6.45) is 4.53. The highest BCUT2D eigenvalue weighted by atomic mass is 16.5. The normalized spacial score (nSPS) is 14.2. The Bertz CT molecular complexity index is 318. The Labute approximate surface area is 112 Å². The molecule has 0 bridgehead atoms. The Morgan fingerprint density at radius 3 is 2.33 bits per heavy atom. The van der Waals surface area contributed by atoms with Crippen LogP contribution in [-0.2, 0) is 6.42 Å². The second kappa shape index (κ2) is 8.15. The molecule has 2 unspecified atom stereocenters. The SMILES string of the molecule is CCCC(C)COc1ccc(CCC(C)N)cc1. The van der Waals surface area contributed by atoms with E-state index in [2.05, 4.69) is 38.1 Å². The van der Waals surface area contributed by atoms with Crippen LogP contribution in [0.1, 0.15) is 45.6 Å². The van der Waals surface area contributed by atoms with Crippen molar-refractivity contribution >= 4 is 0 Å². The van der Waals surface area contributed by atoms with E-state index in [0.717, 1.165) is 25.2 Å². The van der Waals surface area contributed by atoms with Gasteiger partial charge in [-0.05, 0) is 49.8 Å². The average Bonchev–Trinajstić information content (AvgIpc) is 2.35. The van der Waals surface area contributed by atoms with E-state index in [9.17, 15) is 0 Å². The van der Waals surface area contributed by atoms with Crippen molar-refractivity contribution in [3.05, 3.63) is 29.8 Å². The summed E-state index contributed by atoms with van der Waals surface area (Å²) in [6.45, 7) is 7.31. The summed E-state index contributed by atoms with van der Waals surface area (Å²) in [5.74, 6) is 1.61. The van der Waals surface area contributed by atoms with Crippen molar-refractivity contribution in [2.45, 2.75) is 52.5 Å². The highest BCUT2D eigenvalue weighted by Gasteiger charge is 2.02. The summed E-state index contributed by atoms with van der Waals surface area (Å²) in [4.78, 5) is 0. The molecule has 102 valence electrons. The first kappa shape index (κ1) is 15.0. The van der Waals surface area contributed by atoms with Gasteiger partial charge in [0.25, 0.3) is 0 Å². The van der Waals surface area contributed by atoms with Gasteiger partial charge in [0.2, 0.25) is 0 Å². The summed E-state index contributed by atoms with van der Waals surface area (Å²) >= 11 is 0. The molecule has 2 atom stereocenters. The first-order valence-corrected chi connectivity index (χ1v) is 7.09. The van der Waals surface area contributed by atoms with Crippen LogP contribution in [0.25, 0.3) is 0 Å². The van der Waals surface area contributed by atoms with Gasteiger partial charge in [0.05, 0.1) is 6.61 Å². The highest BCUT2D eigenvalue weighted by Crippen LogP contribution is 2.15. The molecule has 0 saturated carbocycles. The van der Waals surface area contributed by atoms with E-state index < -0.39 is 0 Å². The third kappa shape index (κ3) is 6.06. The topological polar surface area (TPSA) is 35.2 Å². The van der Waals surface area contributed by atoms with Crippen molar-refractivity contribution in [2.24, 2.45) is 11.7 Å². The van der Waals surface area contributed by atoms with Gasteiger partial charge in [-0.2, -0.15) is 0 Å². The van der Waals surface area contributed by atoms with E-state index >= 15 is 0 Å². The van der Waals surface area contributed by atoms with Crippen LogP contribution in [0, 0.1) is 5.92 Å². The number of aryl methyl sites for hydroxylation is 1. The molecule has 0 amide bonds. The van der Waals surface area contributed by atoms with E-state index in [-0.39, 0.29) is 6.04 Å². The predicted octanol–water partition coefficient (Wildman–Crippen LogP) is 3.78. The van der Waals surface area contributed by atoms with Crippen LogP contribution >= 0.6 is 0 Å². The highest BCUT2D eigenvalue weighted by molar-refractivity contribution is 5.27. The maximum atomic E-state index is 5.78. The fourth-order valence-corrected chi connectivity index (χ4v) is 1.96. The predicted molar refractivity (Wildman–Crippen MR) is 78.0 cm³/mol. The molecule has 1 rings (SSSR count). The lowest BCUT2D eigenvalue weighted by atomic mass is 10.1. The summed E-state index contributed by atoms with van der Waals surface area (Å²) in [5.41, 5.74) is 7.09. The molecule has 1 aromatic carbocycles. The van der Waals surface area contributed by atoms with Crippen LogP contribution in [-0.4, -0.2) is 12.6 Å². The smallest absolute Gasteiger partial charge is 0.119 e. The second-order valence-electron chi connectivity index (χ2n) is 5.36. The molecule has 18 heavy (non-hydrogen) atoms. The molecule has 0 saturated heterocycles. The van der Waals surface area contributed by atoms with Gasteiger partial charge in [0.1, 0.15) is 5.75 Å². The maximum Gasteiger partial charge on any atom is 0.119 e. The van der Waals surface area contributed by atoms with Crippen molar-refractivity contribution in [3.8, 4) is 5.75 Å². The lowest BCUT2D eigenvalue weighted by molar-refractivity contribution is 0.251. The fourth-order valence-electron chi connectivity index (χ4n) is 1.96. The zero-order valence-corrected chi connectivity index (χ0v) is 12.0. The Kier molecular flexibility index (Phi) is 6.81. The number of nitrogens with two attached hydrogens (primary N) is 1. The van der Waals surface area contributed by atoms with Gasteiger partial charge in [-0.1, -0.05) is 32.4 Å². The summed E-state index contributed by atoms with van der Waals surface area (Å²) in [7, 11) is 0. The van der Waals surface area contributed by atoms with Gasteiger partial charge in [-0.15, -0.1) is 0 Å². The largest absolute Gasteiger partial charge is 0.493 e. The Morgan fingerprint density at radius 1 is 1.11 bits per heavy atom. The average molecular weight is 249 g/mol. The standard InChI is InChI=1S/C16H27NO/c1-4-5-13(2)12-18-16-10-8-15(9-11-16)7-6-14(3)17/h8-11,13-14H,4-7,12,17H2,1-3H3. The van der Waals surface area contributed by atoms with Crippen LogP contribution in [0.2, 0.25) is 0 Å². The summed E-state index contributed by atoms with van der Waals surface area (Å²) in [6, 6.07) is 8.69. The quantitative estimate of drug-likeness (QED) is 0.761. The molecule has 0 aliphatic carbocycles. The number of benzene rings is 1. The van der Waals surface area contributed by atoms with Gasteiger partial charge in [0, 0.05) is 6.04 Å². The maximum absolute atomic E-state index is 5.78. The van der Waals surface area contributed by atoms with Crippen molar-refractivity contribution in [2.75, 3.05) is 6.61 Å². The lowest BCUT2D eigenvalue weighted by Crippen LogP contribution is -2.15. The van der Waals surface area contributed by atoms with E-state index in [4.69, 9.17) is 10.5 Å². The number of rotatable bonds is 8. The summed E-state index contributed by atoms with van der Waals surface area (Å²) < 4.78 is 5.78. The molecule has 0 heterocycles. The van der Waals surface area contributed by atoms with Gasteiger partial charge in [-0.25, -0.2) is 0 Å². The third-order valence-electron chi connectivity index (χ3n) is 3.13. The molecule has 0 aliphatic rings. The first-order chi connectivity index (χ1) is 8.61. The number of ether oxygens (including phenoxy) is 1. The fraction of sp³-hybridized carbons (Fsp3) is 0.625. The molecular formula is C16H27NO. The first-order valence-electron chi connectivity index (χ1n) is 7.09. The Hall–Kier alpha value is -1.02. The van der Waals surface area contributed by atoms with Gasteiger partial charge in [0.15, 0.2) is 0 Å². The van der Waals surface area contributed by atoms with Crippen molar-refractivity contribution in [1.82, 2.24) is 0 Å². The van der Waals surface area contributed by atoms with E-state index in [0.29, 0.717) is 5.92 Å². The molecule has 2 N–H and O–H groups in total. The van der Waals surface area contributed by atoms with Gasteiger partial charge >= 0.3 is 0 Å². The zero-order valence-electron chi connectivity index (χ0n) is 12.0. The van der Waals surface area contributed by atoms with E-state index in [1.165, 1.54) is 18.4 Å². The molecular weight excluding hydrogens is 222 g/mol. The molecule has 0 spiro atoms. The third-order valence-corrected chi connectivity index (χ3v) is 3.13. The van der Waals surface area contributed by atoms with Gasteiger partial charge < -0.3 is 10.5 Å².